The minimum Gasteiger partial charge on any atom is -0.495 e. The first-order valence-corrected chi connectivity index (χ1v) is 10.4. The normalized spacial score (nSPS) is 17.6. The summed E-state index contributed by atoms with van der Waals surface area (Å²) < 4.78 is 31.2. The van der Waals surface area contributed by atoms with Gasteiger partial charge in [0.1, 0.15) is 10.6 Å². The maximum Gasteiger partial charge on any atom is 0.246 e. The zero-order chi connectivity index (χ0) is 21.1. The molecule has 0 bridgehead atoms. The van der Waals surface area contributed by atoms with Crippen molar-refractivity contribution < 1.29 is 22.7 Å². The molecular weight excluding hydrogens is 384 g/mol. The number of hydrogen-bond acceptors (Lipinski definition) is 6. The van der Waals surface area contributed by atoms with E-state index in [4.69, 9.17) is 4.74 Å². The van der Waals surface area contributed by atoms with Gasteiger partial charge in [-0.15, -0.1) is 0 Å². The molecule has 1 aromatic rings. The molecule has 2 rings (SSSR count). The number of hydrogen-bond donors (Lipinski definition) is 1. The monoisotopic (exact) mass is 412 g/mol. The van der Waals surface area contributed by atoms with Crippen LogP contribution in [0.5, 0.6) is 5.75 Å². The number of likely N-dealkylation sites (N-methyl/N-ethyl adjacent to an activating group) is 1. The average Bonchev–Trinajstić information content (AvgIpc) is 3.08. The van der Waals surface area contributed by atoms with Crippen molar-refractivity contribution in [2.45, 2.75) is 23.8 Å². The molecule has 0 radical (unpaired) electrons. The van der Waals surface area contributed by atoms with Gasteiger partial charge in [-0.2, -0.15) is 0 Å². The molecule has 28 heavy (non-hydrogen) atoms. The fourth-order valence-electron chi connectivity index (χ4n) is 3.13. The fourth-order valence-corrected chi connectivity index (χ4v) is 4.21. The van der Waals surface area contributed by atoms with Crippen molar-refractivity contribution in [3.63, 3.8) is 0 Å². The Morgan fingerprint density at radius 2 is 1.93 bits per heavy atom. The molecule has 156 valence electrons. The van der Waals surface area contributed by atoms with E-state index in [0.717, 1.165) is 17.1 Å². The molecule has 1 unspecified atom stereocenters. The first-order chi connectivity index (χ1) is 13.1. The maximum atomic E-state index is 12.5. The number of sulfonamides is 1. The molecule has 1 fully saturated rings. The molecule has 10 heteroatoms. The van der Waals surface area contributed by atoms with Crippen LogP contribution >= 0.6 is 0 Å². The van der Waals surface area contributed by atoms with Crippen molar-refractivity contribution in [3.05, 3.63) is 18.2 Å². The Morgan fingerprint density at radius 3 is 2.50 bits per heavy atom. The number of anilines is 1. The molecule has 1 atom stereocenters. The summed E-state index contributed by atoms with van der Waals surface area (Å²) >= 11 is 0. The fraction of sp³-hybridized carbons (Fsp3) is 0.556. The molecule has 0 saturated carbocycles. The van der Waals surface area contributed by atoms with Crippen LogP contribution in [0, 0.1) is 0 Å². The van der Waals surface area contributed by atoms with Crippen LogP contribution in [-0.4, -0.2) is 88.8 Å². The molecule has 0 spiro atoms. The topological polar surface area (TPSA) is 99.3 Å². The van der Waals surface area contributed by atoms with Crippen LogP contribution in [0.15, 0.2) is 23.1 Å². The number of benzene rings is 1. The Kier molecular flexibility index (Phi) is 7.02. The molecule has 1 aliphatic rings. The molecule has 1 aliphatic heterocycles. The minimum atomic E-state index is -3.73. The van der Waals surface area contributed by atoms with Crippen LogP contribution in [0.4, 0.5) is 5.69 Å². The van der Waals surface area contributed by atoms with E-state index < -0.39 is 10.0 Å². The Balaban J connectivity index is 2.15. The molecule has 1 saturated heterocycles. The van der Waals surface area contributed by atoms with Crippen LogP contribution in [0.3, 0.4) is 0 Å². The highest BCUT2D eigenvalue weighted by Crippen LogP contribution is 2.29. The zero-order valence-electron chi connectivity index (χ0n) is 16.9. The molecule has 9 nitrogen and oxygen atoms in total. The molecule has 1 heterocycles. The summed E-state index contributed by atoms with van der Waals surface area (Å²) in [5.74, 6) is -0.131. The third-order valence-electron chi connectivity index (χ3n) is 4.64. The number of carbonyl (C=O) groups excluding carboxylic acids is 2. The molecule has 0 aliphatic carbocycles. The molecule has 0 aromatic heterocycles. The lowest BCUT2D eigenvalue weighted by atomic mass is 10.2. The summed E-state index contributed by atoms with van der Waals surface area (Å²) in [6, 6.07) is 4.15. The van der Waals surface area contributed by atoms with Gasteiger partial charge in [0.2, 0.25) is 21.8 Å². The highest BCUT2D eigenvalue weighted by atomic mass is 32.2. The number of nitrogens with zero attached hydrogens (tertiary/aromatic N) is 3. The lowest BCUT2D eigenvalue weighted by Crippen LogP contribution is -2.45. The highest BCUT2D eigenvalue weighted by molar-refractivity contribution is 7.89. The Hall–Kier alpha value is -2.17. The van der Waals surface area contributed by atoms with Crippen molar-refractivity contribution in [2.75, 3.05) is 53.7 Å². The summed E-state index contributed by atoms with van der Waals surface area (Å²) in [5.41, 5.74) is 0.348. The van der Waals surface area contributed by atoms with E-state index in [-0.39, 0.29) is 35.0 Å². The second-order valence-electron chi connectivity index (χ2n) is 7.06. The predicted octanol–water partition coefficient (Wildman–Crippen LogP) is 0.437. The van der Waals surface area contributed by atoms with Crippen LogP contribution in [0.2, 0.25) is 0 Å². The van der Waals surface area contributed by atoms with E-state index in [1.165, 1.54) is 38.2 Å². The van der Waals surface area contributed by atoms with Gasteiger partial charge in [0.15, 0.2) is 0 Å². The third-order valence-corrected chi connectivity index (χ3v) is 6.48. The number of likely N-dealkylation sites (tertiary alicyclic amines) is 1. The van der Waals surface area contributed by atoms with E-state index in [2.05, 4.69) is 5.32 Å². The summed E-state index contributed by atoms with van der Waals surface area (Å²) in [6.45, 7) is 0.729. The van der Waals surface area contributed by atoms with Crippen LogP contribution in [0.25, 0.3) is 0 Å². The molecule has 1 N–H and O–H groups in total. The molecular formula is C18H28N4O5S. The van der Waals surface area contributed by atoms with Crippen LogP contribution < -0.4 is 10.1 Å². The number of carbonyl (C=O) groups is 2. The summed E-state index contributed by atoms with van der Waals surface area (Å²) in [4.78, 5) is 28.1. The summed E-state index contributed by atoms with van der Waals surface area (Å²) in [5, 5.41) is 2.72. The van der Waals surface area contributed by atoms with Crippen molar-refractivity contribution in [2.24, 2.45) is 0 Å². The standard InChI is InChI=1S/C18H28N4O5S/c1-20(2)18(24)14-7-6-10-22(14)12-17(23)19-13-8-9-15(27-5)16(11-13)28(25,26)21(3)4/h8-9,11,14H,6-7,10,12H2,1-5H3,(H,19,23). The van der Waals surface area contributed by atoms with Crippen molar-refractivity contribution in [1.29, 1.82) is 0 Å². The Labute approximate surface area is 166 Å². The highest BCUT2D eigenvalue weighted by Gasteiger charge is 2.32. The first kappa shape index (κ1) is 22.1. The summed E-state index contributed by atoms with van der Waals surface area (Å²) in [6.07, 6.45) is 1.57. The van der Waals surface area contributed by atoms with E-state index in [1.807, 2.05) is 4.90 Å². The van der Waals surface area contributed by atoms with E-state index in [0.29, 0.717) is 12.2 Å². The SMILES string of the molecule is COc1ccc(NC(=O)CN2CCCC2C(=O)N(C)C)cc1S(=O)(=O)N(C)C. The number of nitrogens with one attached hydrogen (secondary N) is 1. The quantitative estimate of drug-likeness (QED) is 0.698. The van der Waals surface area contributed by atoms with Crippen LogP contribution in [0.1, 0.15) is 12.8 Å². The minimum absolute atomic E-state index is 0.0193. The zero-order valence-corrected chi connectivity index (χ0v) is 17.7. The average molecular weight is 413 g/mol. The largest absolute Gasteiger partial charge is 0.495 e. The molecule has 2 amide bonds. The lowest BCUT2D eigenvalue weighted by Gasteiger charge is -2.25. The Bertz CT molecular complexity index is 838. The number of ether oxygens (including phenoxy) is 1. The van der Waals surface area contributed by atoms with Gasteiger partial charge < -0.3 is 15.0 Å². The van der Waals surface area contributed by atoms with E-state index in [9.17, 15) is 18.0 Å². The third kappa shape index (κ3) is 4.81. The second kappa shape index (κ2) is 8.89. The van der Waals surface area contributed by atoms with Gasteiger partial charge in [0, 0.05) is 33.9 Å². The predicted molar refractivity (Wildman–Crippen MR) is 106 cm³/mol. The first-order valence-electron chi connectivity index (χ1n) is 8.93. The van der Waals surface area contributed by atoms with Gasteiger partial charge in [-0.3, -0.25) is 14.5 Å². The van der Waals surface area contributed by atoms with Gasteiger partial charge in [-0.1, -0.05) is 0 Å². The van der Waals surface area contributed by atoms with Crippen molar-refractivity contribution in [3.8, 4) is 5.75 Å². The van der Waals surface area contributed by atoms with E-state index in [1.54, 1.807) is 20.2 Å². The summed E-state index contributed by atoms with van der Waals surface area (Å²) in [7, 11) is 3.90. The lowest BCUT2D eigenvalue weighted by molar-refractivity contribution is -0.133. The van der Waals surface area contributed by atoms with Gasteiger partial charge in [0.05, 0.1) is 19.7 Å². The number of amides is 2. The van der Waals surface area contributed by atoms with Crippen molar-refractivity contribution in [1.82, 2.24) is 14.1 Å². The Morgan fingerprint density at radius 1 is 1.25 bits per heavy atom. The van der Waals surface area contributed by atoms with Gasteiger partial charge in [-0.25, -0.2) is 12.7 Å². The van der Waals surface area contributed by atoms with E-state index >= 15 is 0 Å². The van der Waals surface area contributed by atoms with Crippen molar-refractivity contribution >= 4 is 27.5 Å². The van der Waals surface area contributed by atoms with Crippen LogP contribution in [-0.2, 0) is 19.6 Å². The van der Waals surface area contributed by atoms with Gasteiger partial charge >= 0.3 is 0 Å². The maximum absolute atomic E-state index is 12.5. The van der Waals surface area contributed by atoms with Gasteiger partial charge in [-0.05, 0) is 37.6 Å². The second-order valence-corrected chi connectivity index (χ2v) is 9.18. The van der Waals surface area contributed by atoms with Gasteiger partial charge in [0.25, 0.3) is 0 Å². The smallest absolute Gasteiger partial charge is 0.246 e. The number of methoxy groups -OCH3 is 1. The number of rotatable bonds is 7. The molecule has 1 aromatic carbocycles.